The molecule has 3 heterocycles. The van der Waals surface area contributed by atoms with Crippen molar-refractivity contribution in [1.29, 1.82) is 0 Å². The van der Waals surface area contributed by atoms with Crippen LogP contribution in [0.15, 0.2) is 30.3 Å². The van der Waals surface area contributed by atoms with Crippen molar-refractivity contribution >= 4 is 11.7 Å². The standard InChI is InChI=1S/C24H35N5O2/c1-17-13-18(2)29(26-17)23-8-6-5-7-22(23)25-24(30)28-11-9-21(10-12-28)16-27-14-19(3)31-20(4)15-27/h5-8,13,19-21H,9-12,14-16H2,1-4H3,(H,25,30). The number of ether oxygens (including phenoxy) is 1. The normalized spacial score (nSPS) is 23.2. The first-order chi connectivity index (χ1) is 14.9. The first kappa shape index (κ1) is 21.8. The monoisotopic (exact) mass is 425 g/mol. The van der Waals surface area contributed by atoms with E-state index in [4.69, 9.17) is 4.74 Å². The van der Waals surface area contributed by atoms with Crippen LogP contribution < -0.4 is 5.32 Å². The van der Waals surface area contributed by atoms with Crippen LogP contribution in [0.25, 0.3) is 5.69 Å². The van der Waals surface area contributed by atoms with Crippen LogP contribution in [0.3, 0.4) is 0 Å². The van der Waals surface area contributed by atoms with Crippen molar-refractivity contribution < 1.29 is 9.53 Å². The number of urea groups is 1. The van der Waals surface area contributed by atoms with E-state index >= 15 is 0 Å². The summed E-state index contributed by atoms with van der Waals surface area (Å²) in [6.45, 7) is 13.0. The summed E-state index contributed by atoms with van der Waals surface area (Å²) in [5.74, 6) is 0.642. The lowest BCUT2D eigenvalue weighted by Gasteiger charge is -2.39. The molecule has 0 spiro atoms. The van der Waals surface area contributed by atoms with Gasteiger partial charge in [0.2, 0.25) is 0 Å². The van der Waals surface area contributed by atoms with Gasteiger partial charge in [-0.1, -0.05) is 12.1 Å². The molecule has 4 rings (SSSR count). The van der Waals surface area contributed by atoms with Gasteiger partial charge >= 0.3 is 6.03 Å². The number of anilines is 1. The molecule has 1 aromatic carbocycles. The zero-order chi connectivity index (χ0) is 22.0. The number of piperidine rings is 1. The van der Waals surface area contributed by atoms with E-state index in [0.29, 0.717) is 18.1 Å². The van der Waals surface area contributed by atoms with Crippen molar-refractivity contribution in [3.63, 3.8) is 0 Å². The Morgan fingerprint density at radius 1 is 1.13 bits per heavy atom. The summed E-state index contributed by atoms with van der Waals surface area (Å²) in [6.07, 6.45) is 2.70. The van der Waals surface area contributed by atoms with Gasteiger partial charge in [0.25, 0.3) is 0 Å². The van der Waals surface area contributed by atoms with Gasteiger partial charge in [-0.3, -0.25) is 4.90 Å². The van der Waals surface area contributed by atoms with Crippen LogP contribution in [0.5, 0.6) is 0 Å². The largest absolute Gasteiger partial charge is 0.373 e. The summed E-state index contributed by atoms with van der Waals surface area (Å²) >= 11 is 0. The second-order valence-corrected chi connectivity index (χ2v) is 9.19. The topological polar surface area (TPSA) is 62.6 Å². The molecular formula is C24H35N5O2. The number of likely N-dealkylation sites (tertiary alicyclic amines) is 1. The smallest absolute Gasteiger partial charge is 0.321 e. The third-order valence-corrected chi connectivity index (χ3v) is 6.30. The molecule has 31 heavy (non-hydrogen) atoms. The molecule has 2 saturated heterocycles. The minimum absolute atomic E-state index is 0.0268. The van der Waals surface area contributed by atoms with Crippen molar-refractivity contribution in [3.8, 4) is 5.69 Å². The van der Waals surface area contributed by atoms with E-state index in [1.165, 1.54) is 0 Å². The summed E-state index contributed by atoms with van der Waals surface area (Å²) in [7, 11) is 0. The number of hydrogen-bond acceptors (Lipinski definition) is 4. The number of nitrogens with zero attached hydrogens (tertiary/aromatic N) is 4. The predicted octanol–water partition coefficient (Wildman–Crippen LogP) is 3.84. The Balaban J connectivity index is 1.33. The van der Waals surface area contributed by atoms with Crippen LogP contribution in [0, 0.1) is 19.8 Å². The molecule has 1 aromatic heterocycles. The van der Waals surface area contributed by atoms with Crippen molar-refractivity contribution in [3.05, 3.63) is 41.7 Å². The molecular weight excluding hydrogens is 390 g/mol. The highest BCUT2D eigenvalue weighted by Gasteiger charge is 2.28. The molecule has 2 atom stereocenters. The molecule has 2 fully saturated rings. The maximum atomic E-state index is 13.0. The number of aromatic nitrogens is 2. The molecule has 0 saturated carbocycles. The Hall–Kier alpha value is -2.38. The Bertz CT molecular complexity index is 893. The maximum Gasteiger partial charge on any atom is 0.321 e. The fourth-order valence-electron chi connectivity index (χ4n) is 4.95. The van der Waals surface area contributed by atoms with Gasteiger partial charge in [-0.05, 0) is 64.7 Å². The molecule has 1 N–H and O–H groups in total. The van der Waals surface area contributed by atoms with Gasteiger partial charge in [0.1, 0.15) is 0 Å². The summed E-state index contributed by atoms with van der Waals surface area (Å²) < 4.78 is 7.74. The number of para-hydroxylation sites is 2. The number of rotatable bonds is 4. The van der Waals surface area contributed by atoms with Gasteiger partial charge in [-0.25, -0.2) is 9.48 Å². The molecule has 0 radical (unpaired) electrons. The Kier molecular flexibility index (Phi) is 6.62. The number of carbonyl (C=O) groups is 1. The molecule has 0 aliphatic carbocycles. The van der Waals surface area contributed by atoms with E-state index in [0.717, 1.165) is 68.3 Å². The van der Waals surface area contributed by atoms with Crippen LogP contribution in [-0.2, 0) is 4.74 Å². The lowest BCUT2D eigenvalue weighted by atomic mass is 9.96. The van der Waals surface area contributed by atoms with Crippen LogP contribution >= 0.6 is 0 Å². The third-order valence-electron chi connectivity index (χ3n) is 6.30. The number of benzene rings is 1. The number of aryl methyl sites for hydroxylation is 2. The van der Waals surface area contributed by atoms with E-state index in [-0.39, 0.29) is 6.03 Å². The van der Waals surface area contributed by atoms with Gasteiger partial charge in [-0.2, -0.15) is 5.10 Å². The van der Waals surface area contributed by atoms with Crippen LogP contribution in [0.2, 0.25) is 0 Å². The summed E-state index contributed by atoms with van der Waals surface area (Å²) in [4.78, 5) is 17.5. The lowest BCUT2D eigenvalue weighted by Crippen LogP contribution is -2.49. The van der Waals surface area contributed by atoms with Gasteiger partial charge in [0.05, 0.1) is 29.3 Å². The summed E-state index contributed by atoms with van der Waals surface area (Å²) in [5.41, 5.74) is 3.69. The Morgan fingerprint density at radius 3 is 2.45 bits per heavy atom. The highest BCUT2D eigenvalue weighted by Crippen LogP contribution is 2.24. The number of nitrogens with one attached hydrogen (secondary N) is 1. The minimum Gasteiger partial charge on any atom is -0.373 e. The molecule has 2 aromatic rings. The number of morpholine rings is 1. The molecule has 7 heteroatoms. The molecule has 2 unspecified atom stereocenters. The van der Waals surface area contributed by atoms with Crippen molar-refractivity contribution in [2.75, 3.05) is 38.0 Å². The third kappa shape index (κ3) is 5.28. The van der Waals surface area contributed by atoms with Crippen molar-refractivity contribution in [2.24, 2.45) is 5.92 Å². The summed E-state index contributed by atoms with van der Waals surface area (Å²) in [5, 5.41) is 7.70. The lowest BCUT2D eigenvalue weighted by molar-refractivity contribution is -0.0728. The molecule has 2 aliphatic rings. The highest BCUT2D eigenvalue weighted by atomic mass is 16.5. The first-order valence-corrected chi connectivity index (χ1v) is 11.5. The van der Waals surface area contributed by atoms with E-state index in [1.807, 2.05) is 53.8 Å². The fourth-order valence-corrected chi connectivity index (χ4v) is 4.95. The molecule has 2 amide bonds. The van der Waals surface area contributed by atoms with E-state index in [9.17, 15) is 4.79 Å². The molecule has 0 bridgehead atoms. The van der Waals surface area contributed by atoms with Gasteiger partial charge in [-0.15, -0.1) is 0 Å². The van der Waals surface area contributed by atoms with E-state index in [2.05, 4.69) is 29.2 Å². The van der Waals surface area contributed by atoms with Gasteiger partial charge < -0.3 is 15.0 Å². The van der Waals surface area contributed by atoms with Crippen LogP contribution in [0.1, 0.15) is 38.1 Å². The van der Waals surface area contributed by atoms with Gasteiger partial charge in [0.15, 0.2) is 0 Å². The zero-order valence-corrected chi connectivity index (χ0v) is 19.2. The quantitative estimate of drug-likeness (QED) is 0.808. The van der Waals surface area contributed by atoms with Crippen molar-refractivity contribution in [2.45, 2.75) is 52.7 Å². The Labute approximate surface area is 185 Å². The number of hydrogen-bond donors (Lipinski definition) is 1. The predicted molar refractivity (Wildman–Crippen MR) is 123 cm³/mol. The van der Waals surface area contributed by atoms with Crippen molar-refractivity contribution in [1.82, 2.24) is 19.6 Å². The SMILES string of the molecule is Cc1cc(C)n(-c2ccccc2NC(=O)N2CCC(CN3CC(C)OC(C)C3)CC2)n1. The maximum absolute atomic E-state index is 13.0. The average molecular weight is 426 g/mol. The number of carbonyl (C=O) groups excluding carboxylic acids is 1. The highest BCUT2D eigenvalue weighted by molar-refractivity contribution is 5.91. The Morgan fingerprint density at radius 2 is 1.81 bits per heavy atom. The fraction of sp³-hybridized carbons (Fsp3) is 0.583. The van der Waals surface area contributed by atoms with Crippen LogP contribution in [0.4, 0.5) is 10.5 Å². The van der Waals surface area contributed by atoms with Gasteiger partial charge in [0, 0.05) is 38.4 Å². The van der Waals surface area contributed by atoms with E-state index in [1.54, 1.807) is 0 Å². The second kappa shape index (κ2) is 9.40. The summed E-state index contributed by atoms with van der Waals surface area (Å²) in [6, 6.07) is 9.87. The minimum atomic E-state index is -0.0268. The molecule has 168 valence electrons. The van der Waals surface area contributed by atoms with E-state index < -0.39 is 0 Å². The molecule has 2 aliphatic heterocycles. The average Bonchev–Trinajstić information content (AvgIpc) is 3.06. The molecule has 7 nitrogen and oxygen atoms in total. The number of amides is 2. The second-order valence-electron chi connectivity index (χ2n) is 9.19. The zero-order valence-electron chi connectivity index (χ0n) is 19.2. The first-order valence-electron chi connectivity index (χ1n) is 11.5. The van der Waals surface area contributed by atoms with Crippen LogP contribution in [-0.4, -0.2) is 70.5 Å².